The van der Waals surface area contributed by atoms with E-state index < -0.39 is 154 Å². The highest BCUT2D eigenvalue weighted by molar-refractivity contribution is 6.22. The molecule has 0 N–H and O–H groups in total. The summed E-state index contributed by atoms with van der Waals surface area (Å²) in [5.74, 6) is 0. The minimum atomic E-state index is -0.823. The van der Waals surface area contributed by atoms with E-state index in [1.807, 2.05) is 0 Å². The van der Waals surface area contributed by atoms with Gasteiger partial charge in [0.25, 0.3) is 0 Å². The molecule has 0 aliphatic rings. The number of fused-ring (bicyclic) bond motifs is 5. The van der Waals surface area contributed by atoms with E-state index in [1.165, 1.54) is 0 Å². The van der Waals surface area contributed by atoms with Crippen LogP contribution in [-0.2, 0) is 0 Å². The summed E-state index contributed by atoms with van der Waals surface area (Å²) in [4.78, 5) is 0. The highest BCUT2D eigenvalue weighted by Crippen LogP contribution is 2.46. The van der Waals surface area contributed by atoms with Gasteiger partial charge in [0.2, 0.25) is 0 Å². The lowest BCUT2D eigenvalue weighted by Crippen LogP contribution is -1.90. The van der Waals surface area contributed by atoms with Crippen LogP contribution in [0.25, 0.3) is 88.0 Å². The summed E-state index contributed by atoms with van der Waals surface area (Å²) in [6.07, 6.45) is 0. The second-order valence-electron chi connectivity index (χ2n) is 10.1. The van der Waals surface area contributed by atoms with E-state index in [-0.39, 0.29) is 33.0 Å². The van der Waals surface area contributed by atoms with Crippen LogP contribution in [0.1, 0.15) is 27.4 Å². The third-order valence-electron chi connectivity index (χ3n) is 7.62. The molecule has 1 aromatic heterocycles. The summed E-state index contributed by atoms with van der Waals surface area (Å²) < 4.78 is 183. The van der Waals surface area contributed by atoms with Gasteiger partial charge in [-0.2, -0.15) is 0 Å². The zero-order chi connectivity index (χ0) is 47.1. The molecule has 1 heterocycles. The molecule has 0 atom stereocenters. The fraction of sp³-hybridized carbons (Fsp3) is 0. The topological polar surface area (TPSA) is 13.1 Å². The molecule has 0 amide bonds. The van der Waals surface area contributed by atoms with Gasteiger partial charge in [-0.25, -0.2) is 0 Å². The van der Waals surface area contributed by atoms with Crippen molar-refractivity contribution >= 4 is 43.5 Å². The Balaban J connectivity index is 1.52. The number of rotatable bonds is 4. The average molecular weight is 593 g/mol. The first-order valence-corrected chi connectivity index (χ1v) is 13.8. The lowest BCUT2D eigenvalue weighted by atomic mass is 9.85. The predicted octanol–water partition coefficient (Wildman–Crippen LogP) is 12.6. The predicted molar refractivity (Wildman–Crippen MR) is 190 cm³/mol. The number of furan rings is 1. The van der Waals surface area contributed by atoms with Gasteiger partial charge in [-0.3, -0.25) is 0 Å². The Kier molecular flexibility index (Phi) is 2.90. The van der Waals surface area contributed by atoms with Gasteiger partial charge in [-0.05, 0) is 84.7 Å². The highest BCUT2D eigenvalue weighted by atomic mass is 16.3. The van der Waals surface area contributed by atoms with E-state index in [1.54, 1.807) is 48.5 Å². The molecule has 0 unspecified atom stereocenters. The quantitative estimate of drug-likeness (QED) is 0.185. The van der Waals surface area contributed by atoms with E-state index >= 15 is 0 Å². The average Bonchev–Trinajstić information content (AvgIpc) is 3.70. The van der Waals surface area contributed by atoms with Crippen LogP contribution in [0.15, 0.2) is 174 Å². The van der Waals surface area contributed by atoms with Gasteiger partial charge in [0.05, 0.1) is 27.4 Å². The van der Waals surface area contributed by atoms with Crippen molar-refractivity contribution in [3.8, 4) is 44.5 Å². The second kappa shape index (κ2) is 10.4. The maximum atomic E-state index is 9.95. The first-order chi connectivity index (χ1) is 30.7. The van der Waals surface area contributed by atoms with Crippen molar-refractivity contribution in [3.05, 3.63) is 169 Å². The molecular weight excluding hydrogens is 544 g/mol. The molecule has 1 heteroatoms. The minimum absolute atomic E-state index is 0.102. The van der Waals surface area contributed by atoms with E-state index in [2.05, 4.69) is 0 Å². The lowest BCUT2D eigenvalue weighted by Gasteiger charge is -2.17. The molecule has 0 fully saturated rings. The molecule has 9 rings (SSSR count). The van der Waals surface area contributed by atoms with E-state index in [4.69, 9.17) is 25.0 Å². The van der Waals surface area contributed by atoms with Gasteiger partial charge in [0.15, 0.2) is 0 Å². The van der Waals surface area contributed by atoms with Gasteiger partial charge in [-0.1, -0.05) is 145 Å². The molecule has 0 saturated heterocycles. The summed E-state index contributed by atoms with van der Waals surface area (Å²) in [6.45, 7) is 0. The van der Waals surface area contributed by atoms with Crippen molar-refractivity contribution in [2.75, 3.05) is 0 Å². The van der Waals surface area contributed by atoms with Crippen molar-refractivity contribution in [3.63, 3.8) is 0 Å². The van der Waals surface area contributed by atoms with Crippen LogP contribution in [0.5, 0.6) is 0 Å². The first kappa shape index (κ1) is 12.6. The lowest BCUT2D eigenvalue weighted by molar-refractivity contribution is 0.670. The Hall–Kier alpha value is -5.92. The van der Waals surface area contributed by atoms with Crippen molar-refractivity contribution in [1.29, 1.82) is 0 Å². The molecule has 0 spiro atoms. The van der Waals surface area contributed by atoms with Gasteiger partial charge in [0.1, 0.15) is 11.2 Å². The molecule has 0 radical (unpaired) electrons. The molecule has 1 nitrogen and oxygen atoms in total. The monoisotopic (exact) mass is 592 g/mol. The third-order valence-corrected chi connectivity index (χ3v) is 7.62. The van der Waals surface area contributed by atoms with Gasteiger partial charge in [-0.15, -0.1) is 0 Å². The molecule has 210 valence electrons. The molecule has 0 bridgehead atoms. The van der Waals surface area contributed by atoms with Crippen LogP contribution >= 0.6 is 0 Å². The Bertz CT molecular complexity index is 3520. The van der Waals surface area contributed by atoms with Gasteiger partial charge < -0.3 is 4.42 Å². The molecular formula is C44H28O. The molecule has 0 saturated carbocycles. The fourth-order valence-corrected chi connectivity index (χ4v) is 5.77. The summed E-state index contributed by atoms with van der Waals surface area (Å²) in [7, 11) is 0. The number of hydrogen-bond acceptors (Lipinski definition) is 1. The molecule has 0 aliphatic carbocycles. The zero-order valence-corrected chi connectivity index (χ0v) is 23.0. The Labute approximate surface area is 289 Å². The highest BCUT2D eigenvalue weighted by Gasteiger charge is 2.19. The van der Waals surface area contributed by atoms with E-state index in [9.17, 15) is 6.85 Å². The number of benzene rings is 8. The van der Waals surface area contributed by atoms with Crippen LogP contribution in [0.3, 0.4) is 0 Å². The zero-order valence-electron chi connectivity index (χ0n) is 43.0. The van der Waals surface area contributed by atoms with E-state index in [0.717, 1.165) is 0 Å². The summed E-state index contributed by atoms with van der Waals surface area (Å²) in [6, 6.07) is -0.758. The maximum absolute atomic E-state index is 9.95. The SMILES string of the molecule is [2H]c1c([2H])c([2H])c(-c2c([2H])c(-c3c([2H])c([2H])c([2H])c([2H])c3[2H])c3oc4c([2H])c([2H])c(-c5c6ccccc6c(-c6c([2H])c([2H])c([2H])c([2H])c6[2H])c6ccccc56)c([2H])c4c3c2[2H])c([2H])c1[2H]. The summed E-state index contributed by atoms with van der Waals surface area (Å²) in [5.41, 5.74) is -3.22. The minimum Gasteiger partial charge on any atom is -0.455 e. The molecule has 45 heavy (non-hydrogen) atoms. The Morgan fingerprint density at radius 1 is 0.378 bits per heavy atom. The largest absolute Gasteiger partial charge is 0.455 e. The van der Waals surface area contributed by atoms with Crippen LogP contribution in [-0.4, -0.2) is 0 Å². The maximum Gasteiger partial charge on any atom is 0.143 e. The standard InChI is InChI=1S/C44H28O/c1-4-14-29(15-5-1)33-27-38(30-16-6-2-7-17-30)44-40(28-33)39-26-32(24-25-41(39)45-44)43-36-22-12-10-20-34(36)42(31-18-8-3-9-19-31)35-21-11-13-23-37(35)43/h1-28H/i1D,2D,3D,4D,5D,6D,7D,8D,9D,14D,15D,16D,17D,18D,19D,24D,25D,26D,27D,28D. The smallest absolute Gasteiger partial charge is 0.143 e. The van der Waals surface area contributed by atoms with Crippen LogP contribution in [0, 0.1) is 0 Å². The van der Waals surface area contributed by atoms with Crippen LogP contribution in [0.4, 0.5) is 0 Å². The molecule has 9 aromatic rings. The van der Waals surface area contributed by atoms with E-state index in [0.29, 0.717) is 21.5 Å². The summed E-state index contributed by atoms with van der Waals surface area (Å²) >= 11 is 0. The van der Waals surface area contributed by atoms with Crippen LogP contribution in [0.2, 0.25) is 0 Å². The molecule has 8 aromatic carbocycles. The van der Waals surface area contributed by atoms with Crippen molar-refractivity contribution in [2.24, 2.45) is 0 Å². The van der Waals surface area contributed by atoms with Crippen LogP contribution < -0.4 is 0 Å². The summed E-state index contributed by atoms with van der Waals surface area (Å²) in [5, 5.41) is 0.680. The Morgan fingerprint density at radius 3 is 1.44 bits per heavy atom. The Morgan fingerprint density at radius 2 is 0.867 bits per heavy atom. The van der Waals surface area contributed by atoms with Gasteiger partial charge >= 0.3 is 0 Å². The third kappa shape index (κ3) is 4.17. The van der Waals surface area contributed by atoms with Crippen molar-refractivity contribution < 1.29 is 31.8 Å². The van der Waals surface area contributed by atoms with Gasteiger partial charge in [0, 0.05) is 16.3 Å². The van der Waals surface area contributed by atoms with Crippen molar-refractivity contribution in [1.82, 2.24) is 0 Å². The first-order valence-electron chi connectivity index (χ1n) is 23.8. The van der Waals surface area contributed by atoms with Crippen molar-refractivity contribution in [2.45, 2.75) is 0 Å². The number of hydrogen-bond donors (Lipinski definition) is 0. The normalized spacial score (nSPS) is 17.8. The fourth-order valence-electron chi connectivity index (χ4n) is 5.77. The second-order valence-corrected chi connectivity index (χ2v) is 10.1. The molecule has 0 aliphatic heterocycles.